The Bertz CT molecular complexity index is 936. The van der Waals surface area contributed by atoms with Gasteiger partial charge in [-0.15, -0.1) is 0 Å². The summed E-state index contributed by atoms with van der Waals surface area (Å²) in [6, 6.07) is 15.9. The summed E-state index contributed by atoms with van der Waals surface area (Å²) >= 11 is 0. The van der Waals surface area contributed by atoms with Gasteiger partial charge in [0.15, 0.2) is 0 Å². The minimum absolute atomic E-state index is 0.134. The average molecular weight is 362 g/mol. The van der Waals surface area contributed by atoms with E-state index in [9.17, 15) is 4.79 Å². The zero-order valence-corrected chi connectivity index (χ0v) is 15.3. The van der Waals surface area contributed by atoms with Crippen molar-refractivity contribution in [3.63, 3.8) is 0 Å². The number of nitrogens with zero attached hydrogens (tertiary/aromatic N) is 4. The van der Waals surface area contributed by atoms with Crippen LogP contribution >= 0.6 is 0 Å². The fourth-order valence-electron chi connectivity index (χ4n) is 3.24. The lowest BCUT2D eigenvalue weighted by atomic mass is 10.1. The summed E-state index contributed by atoms with van der Waals surface area (Å²) in [7, 11) is 1.79. The number of aromatic nitrogens is 2. The van der Waals surface area contributed by atoms with Crippen molar-refractivity contribution in [2.24, 2.45) is 0 Å². The summed E-state index contributed by atoms with van der Waals surface area (Å²) in [5, 5.41) is 0. The zero-order valence-electron chi connectivity index (χ0n) is 15.3. The Morgan fingerprint density at radius 2 is 1.78 bits per heavy atom. The van der Waals surface area contributed by atoms with E-state index in [-0.39, 0.29) is 5.91 Å². The van der Waals surface area contributed by atoms with Gasteiger partial charge in [-0.3, -0.25) is 9.78 Å². The number of para-hydroxylation sites is 2. The molecule has 6 nitrogen and oxygen atoms in total. The van der Waals surface area contributed by atoms with Crippen LogP contribution < -0.4 is 4.90 Å². The molecule has 6 heteroatoms. The topological polar surface area (TPSA) is 58.6 Å². The quantitative estimate of drug-likeness (QED) is 0.714. The first-order valence-electron chi connectivity index (χ1n) is 9.09. The van der Waals surface area contributed by atoms with Gasteiger partial charge in [0.05, 0.1) is 30.4 Å². The molecule has 27 heavy (non-hydrogen) atoms. The Morgan fingerprint density at radius 3 is 2.52 bits per heavy atom. The lowest BCUT2D eigenvalue weighted by Gasteiger charge is -2.29. The number of anilines is 1. The molecule has 0 unspecified atom stereocenters. The summed E-state index contributed by atoms with van der Waals surface area (Å²) in [4.78, 5) is 25.5. The molecule has 0 atom stereocenters. The first-order chi connectivity index (χ1) is 13.2. The summed E-state index contributed by atoms with van der Waals surface area (Å²) in [5.41, 5.74) is 4.15. The van der Waals surface area contributed by atoms with Gasteiger partial charge in [0, 0.05) is 32.4 Å². The third-order valence-electron chi connectivity index (χ3n) is 4.75. The molecule has 2 heterocycles. The molecule has 1 amide bonds. The Hall–Kier alpha value is -2.99. The molecule has 138 valence electrons. The molecule has 4 rings (SSSR count). The van der Waals surface area contributed by atoms with Gasteiger partial charge >= 0.3 is 0 Å². The maximum absolute atomic E-state index is 12.7. The highest BCUT2D eigenvalue weighted by atomic mass is 16.5. The molecular formula is C21H22N4O2. The predicted molar refractivity (Wildman–Crippen MR) is 105 cm³/mol. The van der Waals surface area contributed by atoms with Gasteiger partial charge in [0.2, 0.25) is 0 Å². The minimum Gasteiger partial charge on any atom is -0.378 e. The molecule has 1 fully saturated rings. The van der Waals surface area contributed by atoms with Crippen molar-refractivity contribution < 1.29 is 9.53 Å². The third kappa shape index (κ3) is 3.90. The summed E-state index contributed by atoms with van der Waals surface area (Å²) in [6.07, 6.45) is 1.54. The van der Waals surface area contributed by atoms with Crippen LogP contribution in [-0.2, 0) is 11.3 Å². The van der Waals surface area contributed by atoms with Crippen LogP contribution in [0.15, 0.2) is 54.7 Å². The number of hydrogen-bond acceptors (Lipinski definition) is 5. The van der Waals surface area contributed by atoms with Gasteiger partial charge in [-0.1, -0.05) is 24.3 Å². The van der Waals surface area contributed by atoms with Crippen LogP contribution in [0, 0.1) is 0 Å². The van der Waals surface area contributed by atoms with Gasteiger partial charge in [0.25, 0.3) is 5.91 Å². The second kappa shape index (κ2) is 7.72. The predicted octanol–water partition coefficient (Wildman–Crippen LogP) is 2.74. The number of amides is 1. The SMILES string of the molecule is CN(Cc1ccc(N2CCOCC2)cc1)C(=O)c1cnc2ccccc2n1. The first kappa shape index (κ1) is 17.4. The fourth-order valence-corrected chi connectivity index (χ4v) is 3.24. The van der Waals surface area contributed by atoms with Crippen molar-refractivity contribution in [2.75, 3.05) is 38.3 Å². The van der Waals surface area contributed by atoms with E-state index in [0.29, 0.717) is 12.2 Å². The summed E-state index contributed by atoms with van der Waals surface area (Å²) in [5.74, 6) is -0.134. The van der Waals surface area contributed by atoms with Gasteiger partial charge in [-0.25, -0.2) is 4.98 Å². The van der Waals surface area contributed by atoms with E-state index >= 15 is 0 Å². The number of fused-ring (bicyclic) bond motifs is 1. The lowest BCUT2D eigenvalue weighted by Crippen LogP contribution is -2.36. The molecule has 0 bridgehead atoms. The molecular weight excluding hydrogens is 340 g/mol. The van der Waals surface area contributed by atoms with Crippen LogP contribution in [0.2, 0.25) is 0 Å². The highest BCUT2D eigenvalue weighted by Crippen LogP contribution is 2.18. The number of benzene rings is 2. The van der Waals surface area contributed by atoms with E-state index < -0.39 is 0 Å². The molecule has 0 aliphatic carbocycles. The Morgan fingerprint density at radius 1 is 1.07 bits per heavy atom. The van der Waals surface area contributed by atoms with Crippen LogP contribution in [0.3, 0.4) is 0 Å². The van der Waals surface area contributed by atoms with Crippen LogP contribution in [-0.4, -0.2) is 54.1 Å². The molecule has 0 spiro atoms. The number of hydrogen-bond donors (Lipinski definition) is 0. The molecule has 3 aromatic rings. The standard InChI is InChI=1S/C21H22N4O2/c1-24(21(26)20-14-22-18-4-2-3-5-19(18)23-20)15-16-6-8-17(9-7-16)25-10-12-27-13-11-25/h2-9,14H,10-13,15H2,1H3. The third-order valence-corrected chi connectivity index (χ3v) is 4.75. The molecule has 0 radical (unpaired) electrons. The highest BCUT2D eigenvalue weighted by molar-refractivity contribution is 5.93. The number of carbonyl (C=O) groups is 1. The molecule has 1 saturated heterocycles. The molecule has 0 saturated carbocycles. The number of ether oxygens (including phenoxy) is 1. The number of carbonyl (C=O) groups excluding carboxylic acids is 1. The van der Waals surface area contributed by atoms with E-state index in [1.54, 1.807) is 18.1 Å². The van der Waals surface area contributed by atoms with E-state index in [1.807, 2.05) is 24.3 Å². The molecule has 1 aromatic heterocycles. The van der Waals surface area contributed by atoms with Gasteiger partial charge in [-0.05, 0) is 29.8 Å². The number of morpholine rings is 1. The van der Waals surface area contributed by atoms with Gasteiger partial charge in [-0.2, -0.15) is 0 Å². The maximum Gasteiger partial charge on any atom is 0.274 e. The average Bonchev–Trinajstić information content (AvgIpc) is 2.74. The van der Waals surface area contributed by atoms with E-state index in [1.165, 1.54) is 5.69 Å². The minimum atomic E-state index is -0.134. The smallest absolute Gasteiger partial charge is 0.274 e. The molecule has 1 aliphatic heterocycles. The second-order valence-corrected chi connectivity index (χ2v) is 6.67. The monoisotopic (exact) mass is 362 g/mol. The van der Waals surface area contributed by atoms with Crippen molar-refractivity contribution in [1.82, 2.24) is 14.9 Å². The van der Waals surface area contributed by atoms with Crippen LogP contribution in [0.1, 0.15) is 16.1 Å². The summed E-state index contributed by atoms with van der Waals surface area (Å²) < 4.78 is 5.40. The van der Waals surface area contributed by atoms with Crippen LogP contribution in [0.25, 0.3) is 11.0 Å². The van der Waals surface area contributed by atoms with Crippen molar-refractivity contribution in [2.45, 2.75) is 6.54 Å². The van der Waals surface area contributed by atoms with Crippen LogP contribution in [0.4, 0.5) is 5.69 Å². The normalized spacial score (nSPS) is 14.3. The first-order valence-corrected chi connectivity index (χ1v) is 9.09. The zero-order chi connectivity index (χ0) is 18.6. The van der Waals surface area contributed by atoms with E-state index in [4.69, 9.17) is 4.74 Å². The van der Waals surface area contributed by atoms with Gasteiger partial charge in [0.1, 0.15) is 5.69 Å². The molecule has 0 N–H and O–H groups in total. The highest BCUT2D eigenvalue weighted by Gasteiger charge is 2.15. The fraction of sp³-hybridized carbons (Fsp3) is 0.286. The van der Waals surface area contributed by atoms with E-state index in [2.05, 4.69) is 39.1 Å². The summed E-state index contributed by atoms with van der Waals surface area (Å²) in [6.45, 7) is 3.89. The largest absolute Gasteiger partial charge is 0.378 e. The Balaban J connectivity index is 1.44. The number of rotatable bonds is 4. The van der Waals surface area contributed by atoms with Gasteiger partial charge < -0.3 is 14.5 Å². The van der Waals surface area contributed by atoms with Crippen molar-refractivity contribution in [1.29, 1.82) is 0 Å². The Kier molecular flexibility index (Phi) is 4.98. The molecule has 1 aliphatic rings. The Labute approximate surface area is 158 Å². The molecule has 2 aromatic carbocycles. The van der Waals surface area contributed by atoms with Crippen LogP contribution in [0.5, 0.6) is 0 Å². The second-order valence-electron chi connectivity index (χ2n) is 6.67. The maximum atomic E-state index is 12.7. The lowest BCUT2D eigenvalue weighted by molar-refractivity contribution is 0.0779. The van der Waals surface area contributed by atoms with Crippen molar-refractivity contribution in [3.05, 3.63) is 66.0 Å². The van der Waals surface area contributed by atoms with Crippen molar-refractivity contribution in [3.8, 4) is 0 Å². The van der Waals surface area contributed by atoms with Crippen molar-refractivity contribution >= 4 is 22.6 Å². The van der Waals surface area contributed by atoms with E-state index in [0.717, 1.165) is 42.9 Å².